The minimum atomic E-state index is -0.00621. The van der Waals surface area contributed by atoms with Crippen molar-refractivity contribution in [2.24, 2.45) is 0 Å². The third-order valence-electron chi connectivity index (χ3n) is 3.94. The number of carbonyl (C=O) groups is 1. The molecule has 0 fully saturated rings. The van der Waals surface area contributed by atoms with E-state index < -0.39 is 0 Å². The van der Waals surface area contributed by atoms with Gasteiger partial charge in [0.15, 0.2) is 16.6 Å². The largest absolute Gasteiger partial charge is 0.493 e. The van der Waals surface area contributed by atoms with E-state index in [1.54, 1.807) is 14.2 Å². The second-order valence-corrected chi connectivity index (χ2v) is 8.02. The van der Waals surface area contributed by atoms with Crippen LogP contribution >= 0.6 is 23.1 Å². The van der Waals surface area contributed by atoms with Gasteiger partial charge in [0.25, 0.3) is 0 Å². The van der Waals surface area contributed by atoms with Crippen LogP contribution in [0.2, 0.25) is 0 Å². The number of methoxy groups -OCH3 is 2. The van der Waals surface area contributed by atoms with Crippen molar-refractivity contribution < 1.29 is 14.3 Å². The Morgan fingerprint density at radius 2 is 1.89 bits per heavy atom. The summed E-state index contributed by atoms with van der Waals surface area (Å²) in [5.41, 5.74) is 2.10. The number of rotatable bonds is 9. The first kappa shape index (κ1) is 19.5. The number of hydrogen-bond acceptors (Lipinski definition) is 6. The summed E-state index contributed by atoms with van der Waals surface area (Å²) in [6.45, 7) is 0. The Kier molecular flexibility index (Phi) is 6.95. The number of anilines is 1. The first-order chi connectivity index (χ1) is 13.2. The number of amides is 1. The molecule has 0 saturated heterocycles. The molecule has 0 radical (unpaired) electrons. The number of ether oxygens (including phenoxy) is 2. The van der Waals surface area contributed by atoms with Crippen LogP contribution in [-0.4, -0.2) is 30.9 Å². The molecule has 1 N–H and O–H groups in total. The van der Waals surface area contributed by atoms with Gasteiger partial charge >= 0.3 is 0 Å². The van der Waals surface area contributed by atoms with Crippen molar-refractivity contribution >= 4 is 44.4 Å². The molecule has 0 aliphatic heterocycles. The van der Waals surface area contributed by atoms with Crippen LogP contribution in [0.5, 0.6) is 11.5 Å². The van der Waals surface area contributed by atoms with Crippen LogP contribution in [0, 0.1) is 0 Å². The third-order valence-corrected chi connectivity index (χ3v) is 5.99. The fourth-order valence-electron chi connectivity index (χ4n) is 2.59. The van der Waals surface area contributed by atoms with Gasteiger partial charge < -0.3 is 14.8 Å². The first-order valence-electron chi connectivity index (χ1n) is 8.63. The van der Waals surface area contributed by atoms with Crippen LogP contribution in [0.15, 0.2) is 42.5 Å². The Morgan fingerprint density at radius 3 is 2.63 bits per heavy atom. The van der Waals surface area contributed by atoms with E-state index in [4.69, 9.17) is 9.47 Å². The van der Waals surface area contributed by atoms with Crippen molar-refractivity contribution in [2.45, 2.75) is 18.6 Å². The summed E-state index contributed by atoms with van der Waals surface area (Å²) >= 11 is 3.28. The fraction of sp³-hybridized carbons (Fsp3) is 0.300. The summed E-state index contributed by atoms with van der Waals surface area (Å²) in [5.74, 6) is 3.21. The normalized spacial score (nSPS) is 10.7. The Bertz CT molecular complexity index is 856. The summed E-state index contributed by atoms with van der Waals surface area (Å²) in [7, 11) is 3.19. The zero-order chi connectivity index (χ0) is 19.1. The molecule has 142 valence electrons. The summed E-state index contributed by atoms with van der Waals surface area (Å²) < 4.78 is 11.5. The van der Waals surface area contributed by atoms with E-state index in [0.29, 0.717) is 23.1 Å². The number of carbonyl (C=O) groups excluding carboxylic acids is 1. The molecule has 3 rings (SSSR count). The van der Waals surface area contributed by atoms with E-state index in [9.17, 15) is 4.79 Å². The summed E-state index contributed by atoms with van der Waals surface area (Å²) in [4.78, 5) is 16.6. The Labute approximate surface area is 167 Å². The smallest absolute Gasteiger partial charge is 0.226 e. The molecule has 1 heterocycles. The van der Waals surface area contributed by atoms with Gasteiger partial charge in [0.05, 0.1) is 24.4 Å². The highest BCUT2D eigenvalue weighted by Crippen LogP contribution is 2.36. The number of hydrogen-bond donors (Lipinski definition) is 1. The van der Waals surface area contributed by atoms with Gasteiger partial charge in [-0.15, -0.1) is 0 Å². The molecule has 1 amide bonds. The molecule has 3 aromatic rings. The fourth-order valence-corrected chi connectivity index (χ4v) is 4.40. The predicted octanol–water partition coefficient (Wildman–Crippen LogP) is 4.97. The monoisotopic (exact) mass is 402 g/mol. The average molecular weight is 403 g/mol. The van der Waals surface area contributed by atoms with Crippen molar-refractivity contribution in [1.29, 1.82) is 0 Å². The van der Waals surface area contributed by atoms with Crippen LogP contribution < -0.4 is 14.8 Å². The molecule has 2 aromatic carbocycles. The van der Waals surface area contributed by atoms with Crippen molar-refractivity contribution in [3.8, 4) is 11.5 Å². The maximum absolute atomic E-state index is 12.2. The van der Waals surface area contributed by atoms with Gasteiger partial charge in [0, 0.05) is 24.3 Å². The zero-order valence-electron chi connectivity index (χ0n) is 15.4. The molecule has 27 heavy (non-hydrogen) atoms. The van der Waals surface area contributed by atoms with E-state index >= 15 is 0 Å². The molecule has 0 bridgehead atoms. The molecule has 0 spiro atoms. The third kappa shape index (κ3) is 5.37. The minimum absolute atomic E-state index is 0.00621. The highest BCUT2D eigenvalue weighted by molar-refractivity contribution is 7.98. The lowest BCUT2D eigenvalue weighted by molar-refractivity contribution is -0.116. The molecular weight excluding hydrogens is 380 g/mol. The number of thioether (sulfide) groups is 1. The molecular formula is C20H22N2O3S2. The lowest BCUT2D eigenvalue weighted by atomic mass is 10.2. The summed E-state index contributed by atoms with van der Waals surface area (Å²) in [5, 5.41) is 3.49. The van der Waals surface area contributed by atoms with Gasteiger partial charge in [-0.25, -0.2) is 4.98 Å². The molecule has 0 saturated carbocycles. The van der Waals surface area contributed by atoms with Gasteiger partial charge in [0.2, 0.25) is 5.91 Å². The Hall–Kier alpha value is -2.25. The summed E-state index contributed by atoms with van der Waals surface area (Å²) in [6, 6.07) is 14.1. The number of aromatic nitrogens is 1. The van der Waals surface area contributed by atoms with Crippen LogP contribution in [-0.2, 0) is 10.5 Å². The van der Waals surface area contributed by atoms with Crippen molar-refractivity contribution in [3.05, 3.63) is 48.0 Å². The highest BCUT2D eigenvalue weighted by atomic mass is 32.2. The van der Waals surface area contributed by atoms with Crippen LogP contribution in [0.1, 0.15) is 18.4 Å². The molecule has 0 atom stereocenters. The minimum Gasteiger partial charge on any atom is -0.493 e. The standard InChI is InChI=1S/C20H22N2O3S2/c1-24-16-11-15-18(12-17(16)25-2)27-20(21-15)22-19(23)9-6-10-26-13-14-7-4-3-5-8-14/h3-5,7-8,11-12H,6,9-10,13H2,1-2H3,(H,21,22,23). The summed E-state index contributed by atoms with van der Waals surface area (Å²) in [6.07, 6.45) is 1.33. The van der Waals surface area contributed by atoms with E-state index in [1.165, 1.54) is 16.9 Å². The number of nitrogens with zero attached hydrogens (tertiary/aromatic N) is 1. The number of thiazole rings is 1. The number of nitrogens with one attached hydrogen (secondary N) is 1. The molecule has 0 aliphatic carbocycles. The molecule has 0 aliphatic rings. The second-order valence-electron chi connectivity index (χ2n) is 5.88. The SMILES string of the molecule is COc1cc2nc(NC(=O)CCCSCc3ccccc3)sc2cc1OC. The zero-order valence-corrected chi connectivity index (χ0v) is 17.0. The quantitative estimate of drug-likeness (QED) is 0.512. The Morgan fingerprint density at radius 1 is 1.15 bits per heavy atom. The van der Waals surface area contributed by atoms with E-state index in [2.05, 4.69) is 22.4 Å². The van der Waals surface area contributed by atoms with Gasteiger partial charge in [-0.3, -0.25) is 4.79 Å². The van der Waals surface area contributed by atoms with Crippen molar-refractivity contribution in [2.75, 3.05) is 25.3 Å². The van der Waals surface area contributed by atoms with Crippen molar-refractivity contribution in [3.63, 3.8) is 0 Å². The molecule has 7 heteroatoms. The Balaban J connectivity index is 1.47. The van der Waals surface area contributed by atoms with E-state index in [1.807, 2.05) is 42.1 Å². The van der Waals surface area contributed by atoms with Crippen LogP contribution in [0.4, 0.5) is 5.13 Å². The van der Waals surface area contributed by atoms with E-state index in [-0.39, 0.29) is 5.91 Å². The van der Waals surface area contributed by atoms with E-state index in [0.717, 1.165) is 28.1 Å². The maximum Gasteiger partial charge on any atom is 0.226 e. The predicted molar refractivity (Wildman–Crippen MR) is 113 cm³/mol. The van der Waals surface area contributed by atoms with Gasteiger partial charge in [-0.05, 0) is 17.7 Å². The lowest BCUT2D eigenvalue weighted by Crippen LogP contribution is -2.11. The first-order valence-corrected chi connectivity index (χ1v) is 10.6. The van der Waals surface area contributed by atoms with Crippen LogP contribution in [0.3, 0.4) is 0 Å². The van der Waals surface area contributed by atoms with Gasteiger partial charge in [-0.2, -0.15) is 11.8 Å². The lowest BCUT2D eigenvalue weighted by Gasteiger charge is -2.05. The number of fused-ring (bicyclic) bond motifs is 1. The average Bonchev–Trinajstić information content (AvgIpc) is 3.08. The molecule has 1 aromatic heterocycles. The maximum atomic E-state index is 12.2. The van der Waals surface area contributed by atoms with Gasteiger partial charge in [0.1, 0.15) is 0 Å². The number of benzene rings is 2. The van der Waals surface area contributed by atoms with Crippen LogP contribution in [0.25, 0.3) is 10.2 Å². The second kappa shape index (κ2) is 9.62. The molecule has 5 nitrogen and oxygen atoms in total. The highest BCUT2D eigenvalue weighted by Gasteiger charge is 2.12. The molecule has 0 unspecified atom stereocenters. The topological polar surface area (TPSA) is 60.5 Å². The van der Waals surface area contributed by atoms with Crippen molar-refractivity contribution in [1.82, 2.24) is 4.98 Å². The van der Waals surface area contributed by atoms with Gasteiger partial charge in [-0.1, -0.05) is 41.7 Å².